The highest BCUT2D eigenvalue weighted by Gasteiger charge is 2.31. The zero-order chi connectivity index (χ0) is 17.6. The zero-order valence-electron chi connectivity index (χ0n) is 14.8. The Bertz CT molecular complexity index is 525. The highest BCUT2D eigenvalue weighted by atomic mass is 16.5. The molecule has 0 saturated carbocycles. The minimum atomic E-state index is -0.799. The molecule has 0 radical (unpaired) electrons. The van der Waals surface area contributed by atoms with E-state index < -0.39 is 5.60 Å². The molecular formula is C18H29N3O3. The lowest BCUT2D eigenvalue weighted by atomic mass is 9.92. The van der Waals surface area contributed by atoms with Crippen LogP contribution in [0.4, 0.5) is 4.79 Å². The van der Waals surface area contributed by atoms with Crippen LogP contribution in [0.25, 0.3) is 0 Å². The van der Waals surface area contributed by atoms with Crippen LogP contribution in [-0.4, -0.2) is 54.9 Å². The van der Waals surface area contributed by atoms with Crippen molar-refractivity contribution in [3.05, 3.63) is 29.8 Å². The van der Waals surface area contributed by atoms with E-state index in [4.69, 9.17) is 4.74 Å². The molecule has 6 nitrogen and oxygen atoms in total. The number of ether oxygens (including phenoxy) is 1. The number of likely N-dealkylation sites (tertiary alicyclic amines) is 1. The molecule has 1 unspecified atom stereocenters. The summed E-state index contributed by atoms with van der Waals surface area (Å²) in [6, 6.07) is 7.31. The van der Waals surface area contributed by atoms with E-state index >= 15 is 0 Å². The molecule has 6 heteroatoms. The number of piperidine rings is 1. The lowest BCUT2D eigenvalue weighted by molar-refractivity contribution is -0.0123. The van der Waals surface area contributed by atoms with Crippen LogP contribution in [0.3, 0.4) is 0 Å². The molecule has 1 heterocycles. The van der Waals surface area contributed by atoms with Crippen molar-refractivity contribution < 1.29 is 14.6 Å². The lowest BCUT2D eigenvalue weighted by Crippen LogP contribution is -2.51. The molecule has 3 N–H and O–H groups in total. The fourth-order valence-electron chi connectivity index (χ4n) is 2.81. The van der Waals surface area contributed by atoms with E-state index in [-0.39, 0.29) is 18.6 Å². The van der Waals surface area contributed by atoms with Crippen LogP contribution >= 0.6 is 0 Å². The third-order valence-electron chi connectivity index (χ3n) is 4.53. The number of rotatable bonds is 6. The first-order chi connectivity index (χ1) is 11.4. The number of amides is 2. The van der Waals surface area contributed by atoms with Crippen molar-refractivity contribution in [1.82, 2.24) is 15.5 Å². The van der Waals surface area contributed by atoms with E-state index in [0.717, 1.165) is 24.4 Å². The van der Waals surface area contributed by atoms with Crippen LogP contribution in [0.2, 0.25) is 0 Å². The molecule has 2 rings (SSSR count). The van der Waals surface area contributed by atoms with Gasteiger partial charge in [-0.1, -0.05) is 12.1 Å². The van der Waals surface area contributed by atoms with Crippen molar-refractivity contribution in [1.29, 1.82) is 0 Å². The van der Waals surface area contributed by atoms with Gasteiger partial charge in [0, 0.05) is 19.6 Å². The predicted octanol–water partition coefficient (Wildman–Crippen LogP) is 1.90. The molecule has 0 bridgehead atoms. The number of hydrogen-bond donors (Lipinski definition) is 3. The molecule has 0 spiro atoms. The monoisotopic (exact) mass is 335 g/mol. The summed E-state index contributed by atoms with van der Waals surface area (Å²) < 4.78 is 5.42. The van der Waals surface area contributed by atoms with Crippen LogP contribution in [0.15, 0.2) is 24.3 Å². The maximum Gasteiger partial charge on any atom is 0.315 e. The van der Waals surface area contributed by atoms with Gasteiger partial charge >= 0.3 is 6.03 Å². The number of nitrogens with one attached hydrogen (secondary N) is 2. The van der Waals surface area contributed by atoms with Gasteiger partial charge in [-0.25, -0.2) is 4.79 Å². The lowest BCUT2D eigenvalue weighted by Gasteiger charge is -2.36. The summed E-state index contributed by atoms with van der Waals surface area (Å²) in [5.74, 6) is 0.822. The quantitative estimate of drug-likeness (QED) is 0.742. The van der Waals surface area contributed by atoms with E-state index in [1.165, 1.54) is 0 Å². The standard InChI is InChI=1S/C18H29N3O3/c1-4-24-16-7-5-15(6-8-16)14(2)20-17(22)19-13-18(23)9-11-21(3)12-10-18/h5-8,14,23H,4,9-13H2,1-3H3,(H2,19,20,22). The average Bonchev–Trinajstić information content (AvgIpc) is 2.57. The second-order valence-electron chi connectivity index (χ2n) is 6.58. The van der Waals surface area contributed by atoms with Crippen molar-refractivity contribution in [3.63, 3.8) is 0 Å². The molecule has 2 amide bonds. The first-order valence-electron chi connectivity index (χ1n) is 8.60. The van der Waals surface area contributed by atoms with E-state index in [2.05, 4.69) is 15.5 Å². The highest BCUT2D eigenvalue weighted by Crippen LogP contribution is 2.20. The highest BCUT2D eigenvalue weighted by molar-refractivity contribution is 5.74. The van der Waals surface area contributed by atoms with Crippen LogP contribution in [-0.2, 0) is 0 Å². The number of carbonyl (C=O) groups is 1. The zero-order valence-corrected chi connectivity index (χ0v) is 14.8. The molecule has 1 aromatic carbocycles. The maximum absolute atomic E-state index is 12.1. The van der Waals surface area contributed by atoms with Crippen molar-refractivity contribution in [2.24, 2.45) is 0 Å². The summed E-state index contributed by atoms with van der Waals surface area (Å²) in [5.41, 5.74) is 0.207. The molecule has 1 aliphatic rings. The van der Waals surface area contributed by atoms with Gasteiger partial charge in [0.1, 0.15) is 5.75 Å². The number of carbonyl (C=O) groups excluding carboxylic acids is 1. The first kappa shape index (κ1) is 18.5. The number of benzene rings is 1. The third kappa shape index (κ3) is 5.39. The molecule has 24 heavy (non-hydrogen) atoms. The van der Waals surface area contributed by atoms with Gasteiger partial charge in [-0.3, -0.25) is 0 Å². The number of hydrogen-bond acceptors (Lipinski definition) is 4. The Morgan fingerprint density at radius 2 is 1.96 bits per heavy atom. The largest absolute Gasteiger partial charge is 0.494 e. The first-order valence-corrected chi connectivity index (χ1v) is 8.60. The summed E-state index contributed by atoms with van der Waals surface area (Å²) in [7, 11) is 2.04. The maximum atomic E-state index is 12.1. The van der Waals surface area contributed by atoms with Gasteiger partial charge in [0.25, 0.3) is 0 Å². The molecule has 134 valence electrons. The minimum absolute atomic E-state index is 0.118. The minimum Gasteiger partial charge on any atom is -0.494 e. The summed E-state index contributed by atoms with van der Waals surface area (Å²) in [5, 5.41) is 16.2. The van der Waals surface area contributed by atoms with Crippen LogP contribution in [0.1, 0.15) is 38.3 Å². The number of aliphatic hydroxyl groups is 1. The van der Waals surface area contributed by atoms with Crippen molar-refractivity contribution in [2.75, 3.05) is 33.3 Å². The summed E-state index contributed by atoms with van der Waals surface area (Å²) in [4.78, 5) is 14.3. The summed E-state index contributed by atoms with van der Waals surface area (Å²) in [6.07, 6.45) is 1.36. The third-order valence-corrected chi connectivity index (χ3v) is 4.53. The van der Waals surface area contributed by atoms with Gasteiger partial charge in [0.05, 0.1) is 18.2 Å². The van der Waals surface area contributed by atoms with Crippen molar-refractivity contribution in [2.45, 2.75) is 38.3 Å². The summed E-state index contributed by atoms with van der Waals surface area (Å²) in [6.45, 7) is 6.49. The van der Waals surface area contributed by atoms with Gasteiger partial charge in [-0.05, 0) is 51.4 Å². The summed E-state index contributed by atoms with van der Waals surface area (Å²) >= 11 is 0. The van der Waals surface area contributed by atoms with Crippen LogP contribution in [0, 0.1) is 0 Å². The molecule has 1 aliphatic heterocycles. The van der Waals surface area contributed by atoms with E-state index in [0.29, 0.717) is 19.4 Å². The Labute approximate surface area is 144 Å². The van der Waals surface area contributed by atoms with Crippen LogP contribution < -0.4 is 15.4 Å². The average molecular weight is 335 g/mol. The van der Waals surface area contributed by atoms with Crippen LogP contribution in [0.5, 0.6) is 5.75 Å². The van der Waals surface area contributed by atoms with E-state index in [1.54, 1.807) is 0 Å². The topological polar surface area (TPSA) is 73.8 Å². The van der Waals surface area contributed by atoms with Gasteiger partial charge in [0.15, 0.2) is 0 Å². The van der Waals surface area contributed by atoms with Gasteiger partial charge < -0.3 is 25.4 Å². The second kappa shape index (κ2) is 8.35. The Morgan fingerprint density at radius 3 is 2.54 bits per heavy atom. The second-order valence-corrected chi connectivity index (χ2v) is 6.58. The Balaban J connectivity index is 1.79. The van der Waals surface area contributed by atoms with Crippen molar-refractivity contribution in [3.8, 4) is 5.75 Å². The fourth-order valence-corrected chi connectivity index (χ4v) is 2.81. The SMILES string of the molecule is CCOc1ccc(C(C)NC(=O)NCC2(O)CCN(C)CC2)cc1. The van der Waals surface area contributed by atoms with Gasteiger partial charge in [-0.2, -0.15) is 0 Å². The van der Waals surface area contributed by atoms with Crippen molar-refractivity contribution >= 4 is 6.03 Å². The Hall–Kier alpha value is -1.79. The van der Waals surface area contributed by atoms with E-state index in [1.807, 2.05) is 45.2 Å². The predicted molar refractivity (Wildman–Crippen MR) is 94.2 cm³/mol. The molecule has 1 saturated heterocycles. The molecule has 1 atom stereocenters. The fraction of sp³-hybridized carbons (Fsp3) is 0.611. The number of urea groups is 1. The molecule has 1 aromatic rings. The normalized spacial score (nSPS) is 18.7. The molecular weight excluding hydrogens is 306 g/mol. The van der Waals surface area contributed by atoms with Gasteiger partial charge in [-0.15, -0.1) is 0 Å². The van der Waals surface area contributed by atoms with Gasteiger partial charge in [0.2, 0.25) is 0 Å². The molecule has 1 fully saturated rings. The Morgan fingerprint density at radius 1 is 1.33 bits per heavy atom. The Kier molecular flexibility index (Phi) is 6.45. The molecule has 0 aliphatic carbocycles. The van der Waals surface area contributed by atoms with E-state index in [9.17, 15) is 9.90 Å². The molecule has 0 aromatic heterocycles. The number of nitrogens with zero attached hydrogens (tertiary/aromatic N) is 1. The smallest absolute Gasteiger partial charge is 0.315 e.